The normalized spacial score (nSPS) is 12.9. The topological polar surface area (TPSA) is 66.4 Å². The molecule has 12 heteroatoms. The minimum absolute atomic E-state index is 0.186. The number of furan rings is 2. The molecule has 0 amide bonds. The van der Waals surface area contributed by atoms with Gasteiger partial charge in [-0.05, 0) is 170 Å². The average molecular weight is 1340 g/mol. The molecule has 20 rings (SSSR count). The van der Waals surface area contributed by atoms with Crippen LogP contribution in [-0.4, -0.2) is 47.2 Å². The van der Waals surface area contributed by atoms with Crippen molar-refractivity contribution < 1.29 is 8.83 Å². The molecule has 486 valence electrons. The molecule has 0 saturated heterocycles. The lowest BCUT2D eigenvalue weighted by molar-refractivity contribution is 0.590. The summed E-state index contributed by atoms with van der Waals surface area (Å²) in [6.07, 6.45) is 0. The first-order chi connectivity index (χ1) is 51.0. The second-order valence-corrected chi connectivity index (χ2v) is 30.3. The van der Waals surface area contributed by atoms with Crippen molar-refractivity contribution >= 4 is 198 Å². The molecular formula is C93H62B5N5O2. The Morgan fingerprint density at radius 2 is 0.857 bits per heavy atom. The van der Waals surface area contributed by atoms with Gasteiger partial charge in [-0.2, -0.15) is 5.26 Å². The summed E-state index contributed by atoms with van der Waals surface area (Å²) < 4.78 is 18.5. The van der Waals surface area contributed by atoms with Crippen LogP contribution in [0.3, 0.4) is 0 Å². The van der Waals surface area contributed by atoms with E-state index in [0.29, 0.717) is 21.9 Å². The molecule has 6 heterocycles. The Labute approximate surface area is 613 Å². The van der Waals surface area contributed by atoms with E-state index in [0.717, 1.165) is 161 Å². The van der Waals surface area contributed by atoms with Gasteiger partial charge in [0.1, 0.15) is 53.7 Å². The largest absolute Gasteiger partial charge is 0.456 e. The fraction of sp³-hybridized carbons (Fsp3) is 0.0860. The summed E-state index contributed by atoms with van der Waals surface area (Å²) in [7, 11) is 28.1. The Balaban J connectivity index is 0.963. The molecule has 105 heavy (non-hydrogen) atoms. The molecule has 18 aromatic rings. The number of hydrogen-bond acceptors (Lipinski definition) is 5. The lowest BCUT2D eigenvalue weighted by Crippen LogP contribution is -2.61. The van der Waals surface area contributed by atoms with Crippen molar-refractivity contribution in [1.29, 1.82) is 5.26 Å². The lowest BCUT2D eigenvalue weighted by atomic mass is 9.33. The molecule has 14 aromatic carbocycles. The minimum atomic E-state index is -0.372. The summed E-state index contributed by atoms with van der Waals surface area (Å²) in [4.78, 5) is 5.10. The molecule has 0 aliphatic carbocycles. The van der Waals surface area contributed by atoms with E-state index >= 15 is 0 Å². The Morgan fingerprint density at radius 3 is 1.44 bits per heavy atom. The summed E-state index contributed by atoms with van der Waals surface area (Å²) in [5.41, 5.74) is 27.5. The Bertz CT molecular complexity index is 6790. The zero-order valence-corrected chi connectivity index (χ0v) is 58.8. The van der Waals surface area contributed by atoms with E-state index in [1.54, 1.807) is 0 Å². The van der Waals surface area contributed by atoms with E-state index in [1.807, 2.05) is 36.4 Å². The number of fused-ring (bicyclic) bond motifs is 17. The summed E-state index contributed by atoms with van der Waals surface area (Å²) in [6, 6.07) is 99.2. The minimum Gasteiger partial charge on any atom is -0.456 e. The number of anilines is 6. The van der Waals surface area contributed by atoms with Crippen LogP contribution in [0.1, 0.15) is 58.2 Å². The fourth-order valence-corrected chi connectivity index (χ4v) is 17.3. The summed E-state index contributed by atoms with van der Waals surface area (Å²) in [5, 5.41) is 18.2. The second-order valence-electron chi connectivity index (χ2n) is 30.3. The van der Waals surface area contributed by atoms with Crippen molar-refractivity contribution in [2.45, 2.75) is 52.4 Å². The Kier molecular flexibility index (Phi) is 13.6. The van der Waals surface area contributed by atoms with Crippen molar-refractivity contribution in [1.82, 2.24) is 9.13 Å². The zero-order chi connectivity index (χ0) is 71.2. The quantitative estimate of drug-likeness (QED) is 0.149. The first-order valence-electron chi connectivity index (χ1n) is 35.8. The average Bonchev–Trinajstić information content (AvgIpc) is 1.22. The van der Waals surface area contributed by atoms with E-state index in [-0.39, 0.29) is 33.9 Å². The third-order valence-electron chi connectivity index (χ3n) is 22.3. The van der Waals surface area contributed by atoms with Crippen molar-refractivity contribution in [2.75, 3.05) is 9.80 Å². The van der Waals surface area contributed by atoms with Gasteiger partial charge in [-0.3, -0.25) is 0 Å². The van der Waals surface area contributed by atoms with Crippen molar-refractivity contribution in [3.05, 3.63) is 284 Å². The van der Waals surface area contributed by atoms with Gasteiger partial charge in [0, 0.05) is 94.0 Å². The van der Waals surface area contributed by atoms with Crippen molar-refractivity contribution in [3.8, 4) is 50.8 Å². The monoisotopic (exact) mass is 1340 g/mol. The van der Waals surface area contributed by atoms with Crippen LogP contribution in [0.4, 0.5) is 34.1 Å². The number of nitrogens with zero attached hydrogens (tertiary/aromatic N) is 5. The number of aromatic nitrogens is 2. The number of benzene rings is 14. The van der Waals surface area contributed by atoms with E-state index in [4.69, 9.17) is 40.2 Å². The predicted molar refractivity (Wildman–Crippen MR) is 444 cm³/mol. The first kappa shape index (κ1) is 62.5. The molecule has 2 aliphatic heterocycles. The molecule has 0 atom stereocenters. The van der Waals surface area contributed by atoms with Gasteiger partial charge in [0.2, 0.25) is 0 Å². The predicted octanol–water partition coefficient (Wildman–Crippen LogP) is 18.4. The van der Waals surface area contributed by atoms with Crippen LogP contribution in [0.25, 0.3) is 132 Å². The van der Waals surface area contributed by atoms with Crippen LogP contribution in [0.15, 0.2) is 276 Å². The number of rotatable bonds is 7. The molecule has 0 spiro atoms. The molecule has 0 saturated carbocycles. The molecule has 7 nitrogen and oxygen atoms in total. The fourth-order valence-electron chi connectivity index (χ4n) is 17.3. The highest BCUT2D eigenvalue weighted by atomic mass is 16.3. The zero-order valence-electron chi connectivity index (χ0n) is 58.8. The lowest BCUT2D eigenvalue weighted by Gasteiger charge is -2.45. The van der Waals surface area contributed by atoms with E-state index in [9.17, 15) is 5.26 Å². The van der Waals surface area contributed by atoms with Crippen molar-refractivity contribution in [3.63, 3.8) is 0 Å². The van der Waals surface area contributed by atoms with Gasteiger partial charge in [-0.15, -0.1) is 10.9 Å². The third kappa shape index (κ3) is 9.23. The maximum atomic E-state index is 10.5. The molecule has 0 unspecified atom stereocenters. The molecular weight excluding hydrogens is 1270 g/mol. The summed E-state index contributed by atoms with van der Waals surface area (Å²) in [6.45, 7) is 13.4. The molecule has 2 aliphatic rings. The number of hydrogen-bond donors (Lipinski definition) is 0. The van der Waals surface area contributed by atoms with Crippen LogP contribution >= 0.6 is 0 Å². The maximum Gasteiger partial charge on any atom is 0.252 e. The van der Waals surface area contributed by atoms with Gasteiger partial charge >= 0.3 is 0 Å². The number of para-hydroxylation sites is 4. The van der Waals surface area contributed by atoms with E-state index < -0.39 is 0 Å². The second kappa shape index (κ2) is 22.8. The third-order valence-corrected chi connectivity index (χ3v) is 22.3. The SMILES string of the molecule is [B]c1c([B])c([B])c2c(c1[B])c1cc(C#N)ccc1n2-c1ccc2c(c1)N(c1ccc(C(C)(C)C)cc1-c1ccccc1)c1cc(-c3cccc4c3oc3ccc5oc6ccccc6c5c34)cc3c1B2c1ccc(-n2c4ccccc4c4ccccc42)cc1N3c1ccc(C(C)(C)C)cc1-c1ccccc1. The van der Waals surface area contributed by atoms with Gasteiger partial charge < -0.3 is 27.8 Å². The molecule has 4 aromatic heterocycles. The van der Waals surface area contributed by atoms with Gasteiger partial charge in [0.05, 0.1) is 39.6 Å². The van der Waals surface area contributed by atoms with Crippen molar-refractivity contribution in [2.24, 2.45) is 0 Å². The van der Waals surface area contributed by atoms with Crippen LogP contribution in [-0.2, 0) is 10.8 Å². The van der Waals surface area contributed by atoms with Gasteiger partial charge in [0.25, 0.3) is 6.71 Å². The first-order valence-corrected chi connectivity index (χ1v) is 35.8. The van der Waals surface area contributed by atoms with Crippen LogP contribution in [0.2, 0.25) is 0 Å². The molecule has 0 bridgehead atoms. The maximum absolute atomic E-state index is 10.5. The smallest absolute Gasteiger partial charge is 0.252 e. The van der Waals surface area contributed by atoms with Gasteiger partial charge in [-0.25, -0.2) is 0 Å². The number of nitriles is 1. The Morgan fingerprint density at radius 1 is 0.352 bits per heavy atom. The standard InChI is InChI=1S/C93H62B5N5O2/c1-92(2,3)56-33-40-72(65(47-56)53-20-9-7-10-21-53)102-75-49-58(100-70-29-16-13-24-61(70)62-25-14-17-30-71(62)100)35-37-68(75)98-69-38-36-59(101-74-39-32-52(51-99)44-67(74)84-85(94)86(95)87(96)88(97)90(84)101)50-76(69)103(73-41-34-57(93(4,5)6)48-66(73)54-22-11-8-12-23-54)78-46-55(45-77(102)89(78)98)60-27-19-28-64-83-81(105-91(60)64)43-42-80-82(83)63-26-15-18-31-79(63)104-80/h7-50H,1-6H3. The van der Waals surface area contributed by atoms with Gasteiger partial charge in [-0.1, -0.05) is 210 Å². The highest BCUT2D eigenvalue weighted by Crippen LogP contribution is 2.53. The van der Waals surface area contributed by atoms with Crippen LogP contribution in [0, 0.1) is 11.3 Å². The van der Waals surface area contributed by atoms with E-state index in [2.05, 4.69) is 297 Å². The van der Waals surface area contributed by atoms with Crippen LogP contribution < -0.4 is 48.0 Å². The molecule has 0 fully saturated rings. The van der Waals surface area contributed by atoms with Gasteiger partial charge in [0.15, 0.2) is 0 Å². The van der Waals surface area contributed by atoms with Crippen LogP contribution in [0.5, 0.6) is 0 Å². The summed E-state index contributed by atoms with van der Waals surface area (Å²) in [5.74, 6) is 0. The molecule has 8 radical (unpaired) electrons. The summed E-state index contributed by atoms with van der Waals surface area (Å²) >= 11 is 0. The molecule has 0 N–H and O–H groups in total. The Hall–Kier alpha value is -12.3. The van der Waals surface area contributed by atoms with E-state index in [1.165, 1.54) is 21.9 Å². The highest BCUT2D eigenvalue weighted by molar-refractivity contribution is 7.00. The highest BCUT2D eigenvalue weighted by Gasteiger charge is 2.46.